The number of carbonyl (C=O) groups is 1. The molecule has 3 N–H and O–H groups in total. The molecule has 0 aromatic heterocycles. The summed E-state index contributed by atoms with van der Waals surface area (Å²) in [5.74, 6) is 1.34. The van der Waals surface area contributed by atoms with Crippen LogP contribution in [0.4, 0.5) is 0 Å². The molecule has 2 aromatic rings. The lowest BCUT2D eigenvalue weighted by Gasteiger charge is -2.38. The van der Waals surface area contributed by atoms with Crippen LogP contribution >= 0.6 is 0 Å². The molecule has 6 nitrogen and oxygen atoms in total. The van der Waals surface area contributed by atoms with E-state index in [0.29, 0.717) is 19.8 Å². The summed E-state index contributed by atoms with van der Waals surface area (Å²) in [5.41, 5.74) is 7.87. The average Bonchev–Trinajstić information content (AvgIpc) is 3.21. The zero-order valence-corrected chi connectivity index (χ0v) is 15.1. The van der Waals surface area contributed by atoms with Crippen molar-refractivity contribution in [3.05, 3.63) is 59.7 Å². The van der Waals surface area contributed by atoms with Crippen molar-refractivity contribution in [2.24, 2.45) is 5.73 Å². The molecular formula is C21H24N2O4. The molecule has 27 heavy (non-hydrogen) atoms. The Morgan fingerprint density at radius 3 is 2.59 bits per heavy atom. The quantitative estimate of drug-likeness (QED) is 0.846. The fourth-order valence-corrected chi connectivity index (χ4v) is 3.73. The van der Waals surface area contributed by atoms with Gasteiger partial charge in [0.05, 0.1) is 0 Å². The maximum absolute atomic E-state index is 12.6. The zero-order chi connectivity index (χ0) is 18.7. The molecule has 1 amide bonds. The Hall–Kier alpha value is -2.57. The number of nitrogens with one attached hydrogen (secondary N) is 1. The third-order valence-corrected chi connectivity index (χ3v) is 5.48. The number of ether oxygens (including phenoxy) is 3. The van der Waals surface area contributed by atoms with Crippen molar-refractivity contribution in [1.29, 1.82) is 0 Å². The number of hydrogen-bond acceptors (Lipinski definition) is 5. The molecule has 4 rings (SSSR count). The number of fused-ring (bicyclic) bond motifs is 1. The standard InChI is InChI=1S/C21H24N2O4/c22-19(15-4-2-1-3-5-15)20(24)23-13-21(8-10-25-11-9-21)16-6-7-17-18(12-16)27-14-26-17/h1-7,12,19H,8-11,13-14,22H2,(H,23,24). The van der Waals surface area contributed by atoms with E-state index in [9.17, 15) is 4.79 Å². The van der Waals surface area contributed by atoms with Crippen molar-refractivity contribution in [2.45, 2.75) is 24.3 Å². The molecule has 0 aliphatic carbocycles. The van der Waals surface area contributed by atoms with E-state index < -0.39 is 6.04 Å². The lowest BCUT2D eigenvalue weighted by atomic mass is 9.74. The van der Waals surface area contributed by atoms with E-state index in [1.165, 1.54) is 0 Å². The van der Waals surface area contributed by atoms with Gasteiger partial charge in [0.25, 0.3) is 0 Å². The van der Waals surface area contributed by atoms with E-state index in [-0.39, 0.29) is 18.1 Å². The van der Waals surface area contributed by atoms with Gasteiger partial charge in [0.2, 0.25) is 12.7 Å². The summed E-state index contributed by atoms with van der Waals surface area (Å²) in [4.78, 5) is 12.6. The smallest absolute Gasteiger partial charge is 0.241 e. The first-order valence-corrected chi connectivity index (χ1v) is 9.24. The second-order valence-electron chi connectivity index (χ2n) is 7.07. The number of carbonyl (C=O) groups excluding carboxylic acids is 1. The minimum atomic E-state index is -0.681. The highest BCUT2D eigenvalue weighted by molar-refractivity contribution is 5.83. The number of nitrogens with two attached hydrogens (primary N) is 1. The Morgan fingerprint density at radius 2 is 1.81 bits per heavy atom. The first kappa shape index (κ1) is 17.8. The maximum Gasteiger partial charge on any atom is 0.241 e. The van der Waals surface area contributed by atoms with Crippen LogP contribution in [0.5, 0.6) is 11.5 Å². The predicted octanol–water partition coefficient (Wildman–Crippen LogP) is 2.28. The molecule has 2 aliphatic heterocycles. The van der Waals surface area contributed by atoms with Crippen LogP contribution in [-0.2, 0) is 14.9 Å². The highest BCUT2D eigenvalue weighted by Gasteiger charge is 2.36. The summed E-state index contributed by atoms with van der Waals surface area (Å²) in [7, 11) is 0. The van der Waals surface area contributed by atoms with Crippen molar-refractivity contribution >= 4 is 5.91 Å². The minimum absolute atomic E-state index is 0.173. The third kappa shape index (κ3) is 3.63. The van der Waals surface area contributed by atoms with Crippen LogP contribution in [0.3, 0.4) is 0 Å². The molecule has 1 saturated heterocycles. The summed E-state index contributed by atoms with van der Waals surface area (Å²) in [6, 6.07) is 14.7. The lowest BCUT2D eigenvalue weighted by molar-refractivity contribution is -0.123. The molecule has 1 atom stereocenters. The van der Waals surface area contributed by atoms with Crippen LogP contribution in [0.2, 0.25) is 0 Å². The van der Waals surface area contributed by atoms with Crippen LogP contribution in [0.1, 0.15) is 30.0 Å². The molecule has 2 aliphatic rings. The first-order chi connectivity index (χ1) is 13.2. The summed E-state index contributed by atoms with van der Waals surface area (Å²) < 4.78 is 16.5. The van der Waals surface area contributed by atoms with E-state index >= 15 is 0 Å². The number of rotatable bonds is 5. The fraction of sp³-hybridized carbons (Fsp3) is 0.381. The van der Waals surface area contributed by atoms with Gasteiger partial charge in [-0.15, -0.1) is 0 Å². The normalized spacial score (nSPS) is 18.7. The van der Waals surface area contributed by atoms with Gasteiger partial charge >= 0.3 is 0 Å². The second kappa shape index (κ2) is 7.58. The van der Waals surface area contributed by atoms with Crippen LogP contribution in [-0.4, -0.2) is 32.5 Å². The number of benzene rings is 2. The van der Waals surface area contributed by atoms with Crippen molar-refractivity contribution in [2.75, 3.05) is 26.6 Å². The lowest BCUT2D eigenvalue weighted by Crippen LogP contribution is -2.46. The highest BCUT2D eigenvalue weighted by atomic mass is 16.7. The topological polar surface area (TPSA) is 82.8 Å². The molecule has 142 valence electrons. The molecule has 6 heteroatoms. The fourth-order valence-electron chi connectivity index (χ4n) is 3.73. The minimum Gasteiger partial charge on any atom is -0.454 e. The van der Waals surface area contributed by atoms with Gasteiger partial charge in [-0.1, -0.05) is 36.4 Å². The van der Waals surface area contributed by atoms with Gasteiger partial charge in [-0.05, 0) is 36.1 Å². The van der Waals surface area contributed by atoms with E-state index in [1.54, 1.807) is 0 Å². The SMILES string of the molecule is NC(C(=O)NCC1(c2ccc3c(c2)OCO3)CCOCC1)c1ccccc1. The number of amides is 1. The Kier molecular flexibility index (Phi) is 5.01. The average molecular weight is 368 g/mol. The van der Waals surface area contributed by atoms with Crippen LogP contribution in [0.25, 0.3) is 0 Å². The summed E-state index contributed by atoms with van der Waals surface area (Å²) >= 11 is 0. The summed E-state index contributed by atoms with van der Waals surface area (Å²) in [5, 5.41) is 3.07. The first-order valence-electron chi connectivity index (χ1n) is 9.24. The van der Waals surface area contributed by atoms with Crippen molar-refractivity contribution in [1.82, 2.24) is 5.32 Å². The van der Waals surface area contributed by atoms with Crippen molar-refractivity contribution < 1.29 is 19.0 Å². The van der Waals surface area contributed by atoms with E-state index in [4.69, 9.17) is 19.9 Å². The van der Waals surface area contributed by atoms with Gasteiger partial charge in [-0.3, -0.25) is 4.79 Å². The van der Waals surface area contributed by atoms with Gasteiger partial charge in [0.15, 0.2) is 11.5 Å². The van der Waals surface area contributed by atoms with E-state index in [2.05, 4.69) is 11.4 Å². The Morgan fingerprint density at radius 1 is 1.07 bits per heavy atom. The molecule has 1 fully saturated rings. The van der Waals surface area contributed by atoms with Crippen molar-refractivity contribution in [3.8, 4) is 11.5 Å². The van der Waals surface area contributed by atoms with E-state index in [0.717, 1.165) is 35.5 Å². The van der Waals surface area contributed by atoms with Crippen molar-refractivity contribution in [3.63, 3.8) is 0 Å². The Bertz CT molecular complexity index is 803. The van der Waals surface area contributed by atoms with Gasteiger partial charge in [0.1, 0.15) is 6.04 Å². The predicted molar refractivity (Wildman–Crippen MR) is 101 cm³/mol. The summed E-state index contributed by atoms with van der Waals surface area (Å²) in [6.45, 7) is 2.08. The van der Waals surface area contributed by atoms with Gasteiger partial charge in [-0.25, -0.2) is 0 Å². The molecule has 1 unspecified atom stereocenters. The highest BCUT2D eigenvalue weighted by Crippen LogP contribution is 2.40. The molecule has 0 radical (unpaired) electrons. The van der Waals surface area contributed by atoms with Crippen LogP contribution in [0.15, 0.2) is 48.5 Å². The second-order valence-corrected chi connectivity index (χ2v) is 7.07. The maximum atomic E-state index is 12.6. The molecule has 0 bridgehead atoms. The molecule has 0 spiro atoms. The summed E-state index contributed by atoms with van der Waals surface area (Å²) in [6.07, 6.45) is 1.65. The van der Waals surface area contributed by atoms with Gasteiger partial charge in [0, 0.05) is 25.2 Å². The molecule has 0 saturated carbocycles. The molecule has 2 heterocycles. The third-order valence-electron chi connectivity index (χ3n) is 5.48. The van der Waals surface area contributed by atoms with Crippen LogP contribution < -0.4 is 20.5 Å². The molecule has 2 aromatic carbocycles. The van der Waals surface area contributed by atoms with Crippen LogP contribution in [0, 0.1) is 0 Å². The monoisotopic (exact) mass is 368 g/mol. The van der Waals surface area contributed by atoms with Gasteiger partial charge in [-0.2, -0.15) is 0 Å². The Labute approximate surface area is 158 Å². The zero-order valence-electron chi connectivity index (χ0n) is 15.1. The largest absolute Gasteiger partial charge is 0.454 e. The Balaban J connectivity index is 1.52. The van der Waals surface area contributed by atoms with E-state index in [1.807, 2.05) is 42.5 Å². The van der Waals surface area contributed by atoms with Gasteiger partial charge < -0.3 is 25.3 Å². The number of hydrogen-bond donors (Lipinski definition) is 2. The molecular weight excluding hydrogens is 344 g/mol.